The minimum absolute atomic E-state index is 0.397. The van der Waals surface area contributed by atoms with E-state index in [1.54, 1.807) is 0 Å². The summed E-state index contributed by atoms with van der Waals surface area (Å²) >= 11 is 0. The molecule has 0 bridgehead atoms. The van der Waals surface area contributed by atoms with E-state index in [0.29, 0.717) is 12.0 Å². The van der Waals surface area contributed by atoms with Crippen molar-refractivity contribution >= 4 is 0 Å². The molecule has 0 aliphatic carbocycles. The Morgan fingerprint density at radius 3 is 2.59 bits per heavy atom. The molecule has 0 radical (unpaired) electrons. The molecule has 2 unspecified atom stereocenters. The van der Waals surface area contributed by atoms with Crippen molar-refractivity contribution in [1.29, 1.82) is 0 Å². The maximum atomic E-state index is 4.44. The second-order valence-electron chi connectivity index (χ2n) is 5.51. The normalized spacial score (nSPS) is 15.2. The van der Waals surface area contributed by atoms with E-state index in [1.165, 1.54) is 12.0 Å². The highest BCUT2D eigenvalue weighted by molar-refractivity contribution is 5.09. The number of aromatic nitrogens is 2. The second kappa shape index (κ2) is 6.80. The molecule has 1 heterocycles. The van der Waals surface area contributed by atoms with Crippen LogP contribution in [0.1, 0.15) is 52.6 Å². The van der Waals surface area contributed by atoms with Crippen molar-refractivity contribution in [3.8, 4) is 0 Å². The summed E-state index contributed by atoms with van der Waals surface area (Å²) in [7, 11) is 0. The Kier molecular flexibility index (Phi) is 5.69. The predicted molar refractivity (Wildman–Crippen MR) is 72.9 cm³/mol. The fourth-order valence-corrected chi connectivity index (χ4v) is 2.33. The van der Waals surface area contributed by atoms with Gasteiger partial charge in [-0.15, -0.1) is 0 Å². The Bertz CT molecular complexity index is 317. The van der Waals surface area contributed by atoms with E-state index in [-0.39, 0.29) is 0 Å². The van der Waals surface area contributed by atoms with Gasteiger partial charge in [-0.1, -0.05) is 27.7 Å². The average molecular weight is 237 g/mol. The molecule has 98 valence electrons. The minimum Gasteiger partial charge on any atom is -0.310 e. The third-order valence-corrected chi connectivity index (χ3v) is 3.04. The summed E-state index contributed by atoms with van der Waals surface area (Å²) in [6, 6.07) is 0.397. The summed E-state index contributed by atoms with van der Waals surface area (Å²) in [5, 5.41) is 7.85. The summed E-state index contributed by atoms with van der Waals surface area (Å²) < 4.78 is 2.08. The molecule has 0 aliphatic heterocycles. The van der Waals surface area contributed by atoms with Gasteiger partial charge < -0.3 is 5.32 Å². The third-order valence-electron chi connectivity index (χ3n) is 3.04. The van der Waals surface area contributed by atoms with E-state index in [4.69, 9.17) is 0 Å². The van der Waals surface area contributed by atoms with Crippen LogP contribution in [0, 0.1) is 11.8 Å². The van der Waals surface area contributed by atoms with Crippen molar-refractivity contribution < 1.29 is 0 Å². The van der Waals surface area contributed by atoms with E-state index < -0.39 is 0 Å². The molecule has 0 saturated heterocycles. The topological polar surface area (TPSA) is 29.9 Å². The van der Waals surface area contributed by atoms with Crippen LogP contribution in [0.5, 0.6) is 0 Å². The van der Waals surface area contributed by atoms with Gasteiger partial charge in [-0.3, -0.25) is 4.68 Å². The lowest BCUT2D eigenvalue weighted by atomic mass is 9.99. The summed E-state index contributed by atoms with van der Waals surface area (Å²) in [4.78, 5) is 0. The molecule has 1 rings (SSSR count). The van der Waals surface area contributed by atoms with Gasteiger partial charge in [0.05, 0.1) is 6.20 Å². The molecule has 2 atom stereocenters. The highest BCUT2D eigenvalue weighted by atomic mass is 15.3. The minimum atomic E-state index is 0.397. The van der Waals surface area contributed by atoms with E-state index in [9.17, 15) is 0 Å². The smallest absolute Gasteiger partial charge is 0.0537 e. The van der Waals surface area contributed by atoms with Crippen LogP contribution in [-0.2, 0) is 6.54 Å². The summed E-state index contributed by atoms with van der Waals surface area (Å²) in [6.07, 6.45) is 5.41. The molecule has 0 aliphatic rings. The zero-order valence-electron chi connectivity index (χ0n) is 11.9. The number of rotatable bonds is 7. The first-order valence-corrected chi connectivity index (χ1v) is 6.78. The predicted octanol–water partition coefficient (Wildman–Crippen LogP) is 3.24. The van der Waals surface area contributed by atoms with Gasteiger partial charge in [-0.25, -0.2) is 0 Å². The van der Waals surface area contributed by atoms with Gasteiger partial charge in [-0.2, -0.15) is 5.10 Å². The third kappa shape index (κ3) is 4.90. The van der Waals surface area contributed by atoms with E-state index >= 15 is 0 Å². The SMILES string of the molecule is CCNC(C)c1cnn(CC(C)CC(C)C)c1. The van der Waals surface area contributed by atoms with Crippen molar-refractivity contribution in [2.24, 2.45) is 11.8 Å². The Morgan fingerprint density at radius 1 is 1.29 bits per heavy atom. The molecule has 1 aromatic rings. The van der Waals surface area contributed by atoms with Gasteiger partial charge >= 0.3 is 0 Å². The highest BCUT2D eigenvalue weighted by Crippen LogP contribution is 2.15. The molecular weight excluding hydrogens is 210 g/mol. The Morgan fingerprint density at radius 2 is 2.00 bits per heavy atom. The van der Waals surface area contributed by atoms with Crippen molar-refractivity contribution in [2.75, 3.05) is 6.54 Å². The summed E-state index contributed by atoms with van der Waals surface area (Å²) in [5.41, 5.74) is 1.28. The van der Waals surface area contributed by atoms with E-state index in [2.05, 4.69) is 55.9 Å². The molecule has 0 aromatic carbocycles. The van der Waals surface area contributed by atoms with Crippen LogP contribution >= 0.6 is 0 Å². The van der Waals surface area contributed by atoms with Crippen LogP contribution in [0.15, 0.2) is 12.4 Å². The van der Waals surface area contributed by atoms with Crippen LogP contribution in [0.25, 0.3) is 0 Å². The van der Waals surface area contributed by atoms with Crippen molar-refractivity contribution in [1.82, 2.24) is 15.1 Å². The van der Waals surface area contributed by atoms with Gasteiger partial charge in [0.25, 0.3) is 0 Å². The lowest BCUT2D eigenvalue weighted by Crippen LogP contribution is -2.17. The molecule has 0 fully saturated rings. The zero-order valence-corrected chi connectivity index (χ0v) is 11.9. The van der Waals surface area contributed by atoms with Crippen LogP contribution < -0.4 is 5.32 Å². The number of nitrogens with one attached hydrogen (secondary N) is 1. The molecule has 3 nitrogen and oxygen atoms in total. The first kappa shape index (κ1) is 14.2. The van der Waals surface area contributed by atoms with Crippen LogP contribution in [0.3, 0.4) is 0 Å². The van der Waals surface area contributed by atoms with E-state index in [0.717, 1.165) is 19.0 Å². The maximum absolute atomic E-state index is 4.44. The maximum Gasteiger partial charge on any atom is 0.0537 e. The molecule has 0 spiro atoms. The van der Waals surface area contributed by atoms with Crippen molar-refractivity contribution in [3.63, 3.8) is 0 Å². The fourth-order valence-electron chi connectivity index (χ4n) is 2.33. The molecule has 1 aromatic heterocycles. The molecule has 1 N–H and O–H groups in total. The number of nitrogens with zero attached hydrogens (tertiary/aromatic N) is 2. The van der Waals surface area contributed by atoms with Crippen LogP contribution in [-0.4, -0.2) is 16.3 Å². The van der Waals surface area contributed by atoms with Gasteiger partial charge in [-0.05, 0) is 31.7 Å². The average Bonchev–Trinajstić information content (AvgIpc) is 2.65. The second-order valence-corrected chi connectivity index (χ2v) is 5.51. The van der Waals surface area contributed by atoms with Crippen molar-refractivity contribution in [3.05, 3.63) is 18.0 Å². The lowest BCUT2D eigenvalue weighted by Gasteiger charge is -2.14. The quantitative estimate of drug-likeness (QED) is 0.789. The van der Waals surface area contributed by atoms with Gasteiger partial charge in [0.2, 0.25) is 0 Å². The lowest BCUT2D eigenvalue weighted by molar-refractivity contribution is 0.373. The number of hydrogen-bond donors (Lipinski definition) is 1. The first-order valence-electron chi connectivity index (χ1n) is 6.78. The monoisotopic (exact) mass is 237 g/mol. The van der Waals surface area contributed by atoms with Gasteiger partial charge in [0.1, 0.15) is 0 Å². The Hall–Kier alpha value is -0.830. The van der Waals surface area contributed by atoms with Crippen LogP contribution in [0.4, 0.5) is 0 Å². The summed E-state index contributed by atoms with van der Waals surface area (Å²) in [5.74, 6) is 1.46. The molecule has 0 saturated carbocycles. The zero-order chi connectivity index (χ0) is 12.8. The van der Waals surface area contributed by atoms with Gasteiger partial charge in [0.15, 0.2) is 0 Å². The molecule has 0 amide bonds. The van der Waals surface area contributed by atoms with Crippen LogP contribution in [0.2, 0.25) is 0 Å². The largest absolute Gasteiger partial charge is 0.310 e. The van der Waals surface area contributed by atoms with E-state index in [1.807, 2.05) is 6.20 Å². The molecular formula is C14H27N3. The molecule has 17 heavy (non-hydrogen) atoms. The fraction of sp³-hybridized carbons (Fsp3) is 0.786. The molecule has 3 heteroatoms. The number of hydrogen-bond acceptors (Lipinski definition) is 2. The Balaban J connectivity index is 2.50. The van der Waals surface area contributed by atoms with Crippen molar-refractivity contribution in [2.45, 2.75) is 53.6 Å². The highest BCUT2D eigenvalue weighted by Gasteiger charge is 2.09. The van der Waals surface area contributed by atoms with Gasteiger partial charge in [0, 0.05) is 24.3 Å². The first-order chi connectivity index (χ1) is 8.02. The standard InChI is InChI=1S/C14H27N3/c1-6-15-13(5)14-8-16-17(10-14)9-12(4)7-11(2)3/h8,10-13,15H,6-7,9H2,1-5H3. The summed E-state index contributed by atoms with van der Waals surface area (Å²) in [6.45, 7) is 13.2. The Labute approximate surface area is 106 Å².